The summed E-state index contributed by atoms with van der Waals surface area (Å²) in [6.45, 7) is 3.61. The molecule has 0 bridgehead atoms. The minimum atomic E-state index is -0.183. The van der Waals surface area contributed by atoms with Crippen molar-refractivity contribution in [2.75, 3.05) is 5.32 Å². The highest BCUT2D eigenvalue weighted by molar-refractivity contribution is 9.08. The number of benzene rings is 2. The molecular formula is C16H16BrNO2. The number of rotatable bonds is 3. The van der Waals surface area contributed by atoms with Crippen molar-refractivity contribution in [3.05, 3.63) is 58.7 Å². The fourth-order valence-electron chi connectivity index (χ4n) is 1.91. The number of halogens is 1. The Kier molecular flexibility index (Phi) is 4.45. The summed E-state index contributed by atoms with van der Waals surface area (Å²) in [6, 6.07) is 11.0. The molecule has 0 aromatic heterocycles. The molecule has 0 aliphatic carbocycles. The Hall–Kier alpha value is -1.81. The zero-order valence-corrected chi connectivity index (χ0v) is 13.0. The van der Waals surface area contributed by atoms with Crippen LogP contribution in [0.1, 0.15) is 27.0 Å². The number of amides is 1. The number of phenolic OH excluding ortho intramolecular Hbond substituents is 1. The van der Waals surface area contributed by atoms with Crippen LogP contribution in [0.5, 0.6) is 5.75 Å². The van der Waals surface area contributed by atoms with Gasteiger partial charge in [-0.1, -0.05) is 34.1 Å². The number of carbonyl (C=O) groups is 1. The summed E-state index contributed by atoms with van der Waals surface area (Å²) in [5.41, 5.74) is 3.81. The zero-order valence-electron chi connectivity index (χ0n) is 11.4. The molecule has 0 aliphatic rings. The lowest BCUT2D eigenvalue weighted by atomic mass is 10.1. The van der Waals surface area contributed by atoms with E-state index in [9.17, 15) is 9.90 Å². The fraction of sp³-hybridized carbons (Fsp3) is 0.188. The van der Waals surface area contributed by atoms with Crippen molar-refractivity contribution in [1.82, 2.24) is 0 Å². The van der Waals surface area contributed by atoms with E-state index in [4.69, 9.17) is 0 Å². The second-order valence-electron chi connectivity index (χ2n) is 4.69. The van der Waals surface area contributed by atoms with Gasteiger partial charge in [-0.15, -0.1) is 0 Å². The number of nitrogens with one attached hydrogen (secondary N) is 1. The van der Waals surface area contributed by atoms with Gasteiger partial charge in [0.2, 0.25) is 0 Å². The maximum atomic E-state index is 12.2. The van der Waals surface area contributed by atoms with Crippen molar-refractivity contribution in [2.45, 2.75) is 19.2 Å². The number of carbonyl (C=O) groups excluding carboxylic acids is 1. The highest BCUT2D eigenvalue weighted by Gasteiger charge is 2.10. The maximum absolute atomic E-state index is 12.2. The summed E-state index contributed by atoms with van der Waals surface area (Å²) >= 11 is 3.37. The number of alkyl halides is 1. The van der Waals surface area contributed by atoms with Crippen LogP contribution < -0.4 is 5.32 Å². The molecule has 1 amide bonds. The van der Waals surface area contributed by atoms with Gasteiger partial charge in [0.1, 0.15) is 5.75 Å². The Morgan fingerprint density at radius 1 is 1.15 bits per heavy atom. The van der Waals surface area contributed by atoms with E-state index in [-0.39, 0.29) is 11.7 Å². The van der Waals surface area contributed by atoms with Crippen LogP contribution in [0.4, 0.5) is 5.69 Å². The van der Waals surface area contributed by atoms with Crippen LogP contribution in [0.25, 0.3) is 0 Å². The van der Waals surface area contributed by atoms with Crippen molar-refractivity contribution in [2.24, 2.45) is 0 Å². The monoisotopic (exact) mass is 333 g/mol. The quantitative estimate of drug-likeness (QED) is 0.828. The summed E-state index contributed by atoms with van der Waals surface area (Å²) in [6.07, 6.45) is 0. The van der Waals surface area contributed by atoms with Gasteiger partial charge >= 0.3 is 0 Å². The Morgan fingerprint density at radius 3 is 2.40 bits per heavy atom. The Labute approximate surface area is 126 Å². The second kappa shape index (κ2) is 6.09. The van der Waals surface area contributed by atoms with Gasteiger partial charge in [-0.2, -0.15) is 0 Å². The molecule has 0 atom stereocenters. The van der Waals surface area contributed by atoms with E-state index < -0.39 is 0 Å². The molecule has 2 N–H and O–H groups in total. The van der Waals surface area contributed by atoms with Gasteiger partial charge in [-0.25, -0.2) is 0 Å². The van der Waals surface area contributed by atoms with E-state index in [1.807, 2.05) is 19.1 Å². The lowest BCUT2D eigenvalue weighted by molar-refractivity contribution is 0.102. The first-order chi connectivity index (χ1) is 9.52. The highest BCUT2D eigenvalue weighted by Crippen LogP contribution is 2.28. The van der Waals surface area contributed by atoms with Crippen LogP contribution in [0.2, 0.25) is 0 Å². The van der Waals surface area contributed by atoms with Crippen LogP contribution in [0.15, 0.2) is 36.4 Å². The SMILES string of the molecule is Cc1ccc(NC(=O)c2ccc(CBr)cc2)c(C)c1O. The Balaban J connectivity index is 2.21. The third kappa shape index (κ3) is 3.02. The van der Waals surface area contributed by atoms with Crippen molar-refractivity contribution in [3.63, 3.8) is 0 Å². The Morgan fingerprint density at radius 2 is 1.80 bits per heavy atom. The van der Waals surface area contributed by atoms with E-state index in [0.29, 0.717) is 16.8 Å². The summed E-state index contributed by atoms with van der Waals surface area (Å²) in [7, 11) is 0. The summed E-state index contributed by atoms with van der Waals surface area (Å²) in [4.78, 5) is 12.2. The number of hydrogen-bond acceptors (Lipinski definition) is 2. The van der Waals surface area contributed by atoms with Crippen LogP contribution in [0, 0.1) is 13.8 Å². The molecule has 0 spiro atoms. The van der Waals surface area contributed by atoms with Crippen molar-refractivity contribution in [1.29, 1.82) is 0 Å². The first-order valence-electron chi connectivity index (χ1n) is 6.28. The molecule has 2 rings (SSSR count). The number of aromatic hydroxyl groups is 1. The van der Waals surface area contributed by atoms with Crippen LogP contribution in [0.3, 0.4) is 0 Å². The minimum absolute atomic E-state index is 0.183. The van der Waals surface area contributed by atoms with Gasteiger partial charge < -0.3 is 10.4 Å². The Bertz CT molecular complexity index is 636. The minimum Gasteiger partial charge on any atom is -0.507 e. The molecule has 4 heteroatoms. The van der Waals surface area contributed by atoms with Gasteiger partial charge in [0.15, 0.2) is 0 Å². The third-order valence-electron chi connectivity index (χ3n) is 3.25. The van der Waals surface area contributed by atoms with Gasteiger partial charge in [0, 0.05) is 22.1 Å². The molecule has 3 nitrogen and oxygen atoms in total. The normalized spacial score (nSPS) is 10.3. The summed E-state index contributed by atoms with van der Waals surface area (Å²) in [5, 5.41) is 13.5. The second-order valence-corrected chi connectivity index (χ2v) is 5.25. The topological polar surface area (TPSA) is 49.3 Å². The largest absolute Gasteiger partial charge is 0.507 e. The zero-order chi connectivity index (χ0) is 14.7. The van der Waals surface area contributed by atoms with E-state index in [1.165, 1.54) is 0 Å². The average molecular weight is 334 g/mol. The van der Waals surface area contributed by atoms with Crippen LogP contribution in [-0.2, 0) is 5.33 Å². The number of anilines is 1. The highest BCUT2D eigenvalue weighted by atomic mass is 79.9. The van der Waals surface area contributed by atoms with Crippen LogP contribution in [-0.4, -0.2) is 11.0 Å². The van der Waals surface area contributed by atoms with E-state index in [1.54, 1.807) is 31.2 Å². The van der Waals surface area contributed by atoms with E-state index >= 15 is 0 Å². The molecule has 0 aliphatic heterocycles. The molecule has 20 heavy (non-hydrogen) atoms. The van der Waals surface area contributed by atoms with Crippen molar-refractivity contribution >= 4 is 27.5 Å². The predicted octanol–water partition coefficient (Wildman–Crippen LogP) is 4.16. The molecule has 0 heterocycles. The van der Waals surface area contributed by atoms with Gasteiger partial charge in [-0.05, 0) is 43.2 Å². The standard InChI is InChI=1S/C16H16BrNO2/c1-10-3-8-14(11(2)15(10)19)18-16(20)13-6-4-12(9-17)5-7-13/h3-8,19H,9H2,1-2H3,(H,18,20). The fourth-order valence-corrected chi connectivity index (χ4v) is 2.28. The molecule has 0 fully saturated rings. The average Bonchev–Trinajstić information content (AvgIpc) is 2.48. The number of phenols is 1. The smallest absolute Gasteiger partial charge is 0.255 e. The van der Waals surface area contributed by atoms with Gasteiger partial charge in [0.05, 0.1) is 0 Å². The maximum Gasteiger partial charge on any atom is 0.255 e. The van der Waals surface area contributed by atoms with Gasteiger partial charge in [-0.3, -0.25) is 4.79 Å². The first kappa shape index (κ1) is 14.6. The molecule has 2 aromatic rings. The molecule has 0 unspecified atom stereocenters. The molecule has 2 aromatic carbocycles. The summed E-state index contributed by atoms with van der Waals surface area (Å²) in [5.74, 6) is 0.0370. The molecule has 104 valence electrons. The lowest BCUT2D eigenvalue weighted by Gasteiger charge is -2.11. The number of aryl methyl sites for hydroxylation is 1. The first-order valence-corrected chi connectivity index (χ1v) is 7.40. The van der Waals surface area contributed by atoms with Crippen molar-refractivity contribution < 1.29 is 9.90 Å². The third-order valence-corrected chi connectivity index (χ3v) is 3.90. The van der Waals surface area contributed by atoms with E-state index in [2.05, 4.69) is 21.2 Å². The number of hydrogen-bond donors (Lipinski definition) is 2. The molecule has 0 radical (unpaired) electrons. The predicted molar refractivity (Wildman–Crippen MR) is 84.6 cm³/mol. The summed E-state index contributed by atoms with van der Waals surface area (Å²) < 4.78 is 0. The van der Waals surface area contributed by atoms with E-state index in [0.717, 1.165) is 16.5 Å². The van der Waals surface area contributed by atoms with Gasteiger partial charge in [0.25, 0.3) is 5.91 Å². The molecule has 0 saturated heterocycles. The lowest BCUT2D eigenvalue weighted by Crippen LogP contribution is -2.12. The molecular weight excluding hydrogens is 318 g/mol. The van der Waals surface area contributed by atoms with Crippen molar-refractivity contribution in [3.8, 4) is 5.75 Å². The van der Waals surface area contributed by atoms with Crippen LogP contribution >= 0.6 is 15.9 Å². The molecule has 0 saturated carbocycles.